The fourth-order valence-electron chi connectivity index (χ4n) is 1.96. The second-order valence-corrected chi connectivity index (χ2v) is 5.72. The maximum absolute atomic E-state index is 11.9. The lowest BCUT2D eigenvalue weighted by atomic mass is 10.2. The molecule has 0 saturated carbocycles. The smallest absolute Gasteiger partial charge is 0.263 e. The number of benzene rings is 1. The zero-order chi connectivity index (χ0) is 16.5. The van der Waals surface area contributed by atoms with Crippen LogP contribution in [0, 0.1) is 6.92 Å². The van der Waals surface area contributed by atoms with E-state index in [0.717, 1.165) is 5.69 Å². The number of aromatic nitrogens is 1. The highest BCUT2D eigenvalue weighted by Gasteiger charge is 2.10. The number of carbonyl (C=O) groups excluding carboxylic acids is 1. The minimum Gasteiger partial charge on any atom is -0.355 e. The van der Waals surface area contributed by atoms with E-state index in [0.29, 0.717) is 30.5 Å². The van der Waals surface area contributed by atoms with Crippen molar-refractivity contribution in [1.29, 1.82) is 0 Å². The molecule has 0 bridgehead atoms. The van der Waals surface area contributed by atoms with E-state index in [9.17, 15) is 4.79 Å². The highest BCUT2D eigenvalue weighted by molar-refractivity contribution is 14.0. The average Bonchev–Trinajstić information content (AvgIpc) is 3.01. The third-order valence-electron chi connectivity index (χ3n) is 3.18. The highest BCUT2D eigenvalue weighted by Crippen LogP contribution is 2.11. The molecule has 0 aliphatic carbocycles. The summed E-state index contributed by atoms with van der Waals surface area (Å²) in [6.45, 7) is 3.65. The van der Waals surface area contributed by atoms with E-state index >= 15 is 0 Å². The van der Waals surface area contributed by atoms with Crippen LogP contribution in [0.3, 0.4) is 0 Å². The Balaban J connectivity index is 0.00000288. The van der Waals surface area contributed by atoms with Gasteiger partial charge in [0, 0.05) is 26.7 Å². The molecule has 0 aliphatic heterocycles. The number of nitrogens with zero attached hydrogens (tertiary/aromatic N) is 2. The Morgan fingerprint density at radius 2 is 1.88 bits per heavy atom. The van der Waals surface area contributed by atoms with Gasteiger partial charge < -0.3 is 16.0 Å². The first-order valence-corrected chi connectivity index (χ1v) is 8.25. The van der Waals surface area contributed by atoms with Crippen LogP contribution in [0.4, 0.5) is 0 Å². The van der Waals surface area contributed by atoms with Gasteiger partial charge in [-0.1, -0.05) is 30.3 Å². The molecule has 0 saturated heterocycles. The summed E-state index contributed by atoms with van der Waals surface area (Å²) in [6, 6.07) is 10.1. The molecule has 1 amide bonds. The zero-order valence-corrected chi connectivity index (χ0v) is 16.9. The van der Waals surface area contributed by atoms with Crippen molar-refractivity contribution in [2.24, 2.45) is 4.99 Å². The van der Waals surface area contributed by atoms with Gasteiger partial charge in [0.25, 0.3) is 5.91 Å². The Morgan fingerprint density at radius 1 is 1.17 bits per heavy atom. The number of hydrogen-bond acceptors (Lipinski definition) is 4. The Hall–Kier alpha value is -1.68. The number of amides is 1. The van der Waals surface area contributed by atoms with Gasteiger partial charge in [-0.3, -0.25) is 9.79 Å². The third-order valence-corrected chi connectivity index (χ3v) is 4.11. The Labute approximate surface area is 163 Å². The highest BCUT2D eigenvalue weighted by atomic mass is 127. The number of carbonyl (C=O) groups is 1. The van der Waals surface area contributed by atoms with Crippen molar-refractivity contribution >= 4 is 47.2 Å². The van der Waals surface area contributed by atoms with E-state index in [-0.39, 0.29) is 29.9 Å². The Morgan fingerprint density at radius 3 is 2.50 bits per heavy atom. The summed E-state index contributed by atoms with van der Waals surface area (Å²) in [4.78, 5) is 20.8. The van der Waals surface area contributed by atoms with Crippen LogP contribution in [-0.4, -0.2) is 37.0 Å². The van der Waals surface area contributed by atoms with Crippen molar-refractivity contribution in [2.45, 2.75) is 13.5 Å². The van der Waals surface area contributed by atoms with E-state index in [1.807, 2.05) is 25.1 Å². The molecule has 0 atom stereocenters. The molecule has 0 aliphatic rings. The first kappa shape index (κ1) is 20.4. The minimum atomic E-state index is -0.0842. The molecule has 0 unspecified atom stereocenters. The number of thiazole rings is 1. The van der Waals surface area contributed by atoms with Gasteiger partial charge in [0.15, 0.2) is 5.96 Å². The summed E-state index contributed by atoms with van der Waals surface area (Å²) in [6.07, 6.45) is 0. The number of aryl methyl sites for hydroxylation is 1. The zero-order valence-electron chi connectivity index (χ0n) is 13.7. The van der Waals surface area contributed by atoms with E-state index in [1.165, 1.54) is 16.9 Å². The lowest BCUT2D eigenvalue weighted by Gasteiger charge is -2.12. The molecule has 8 heteroatoms. The standard InChI is InChI=1S/C16H21N5OS.HI/c1-12-14(23-11-21-12)15(22)18-8-9-19-16(17-2)20-10-13-6-4-3-5-7-13;/h3-7,11H,8-10H2,1-2H3,(H,18,22)(H2,17,19,20);1H. The molecule has 0 spiro atoms. The van der Waals surface area contributed by atoms with Crippen LogP contribution in [0.15, 0.2) is 40.8 Å². The predicted octanol–water partition coefficient (Wildman–Crippen LogP) is 2.16. The fraction of sp³-hybridized carbons (Fsp3) is 0.312. The van der Waals surface area contributed by atoms with E-state index in [2.05, 4.69) is 38.1 Å². The van der Waals surface area contributed by atoms with E-state index in [4.69, 9.17) is 0 Å². The molecular weight excluding hydrogens is 437 g/mol. The summed E-state index contributed by atoms with van der Waals surface area (Å²) in [5, 5.41) is 9.26. The van der Waals surface area contributed by atoms with Crippen molar-refractivity contribution < 1.29 is 4.79 Å². The van der Waals surface area contributed by atoms with E-state index < -0.39 is 0 Å². The molecule has 1 aromatic heterocycles. The summed E-state index contributed by atoms with van der Waals surface area (Å²) in [5.41, 5.74) is 3.63. The van der Waals surface area contributed by atoms with Crippen molar-refractivity contribution in [2.75, 3.05) is 20.1 Å². The summed E-state index contributed by atoms with van der Waals surface area (Å²) < 4.78 is 0. The summed E-state index contributed by atoms with van der Waals surface area (Å²) in [7, 11) is 1.72. The Kier molecular flexibility index (Phi) is 9.31. The molecule has 0 fully saturated rings. The second-order valence-electron chi connectivity index (χ2n) is 4.86. The van der Waals surface area contributed by atoms with Crippen molar-refractivity contribution in [3.05, 3.63) is 52.0 Å². The molecule has 0 radical (unpaired) electrons. The maximum atomic E-state index is 11.9. The van der Waals surface area contributed by atoms with Crippen LogP contribution in [0.5, 0.6) is 0 Å². The number of nitrogens with one attached hydrogen (secondary N) is 3. The van der Waals surface area contributed by atoms with Crippen LogP contribution in [0.1, 0.15) is 20.9 Å². The molecule has 130 valence electrons. The van der Waals surface area contributed by atoms with E-state index in [1.54, 1.807) is 12.6 Å². The first-order valence-electron chi connectivity index (χ1n) is 7.37. The summed E-state index contributed by atoms with van der Waals surface area (Å²) >= 11 is 1.35. The first-order chi connectivity index (χ1) is 11.2. The Bertz CT molecular complexity index is 659. The van der Waals surface area contributed by atoms with Gasteiger partial charge in [-0.05, 0) is 12.5 Å². The van der Waals surface area contributed by atoms with Crippen LogP contribution < -0.4 is 16.0 Å². The third kappa shape index (κ3) is 6.44. The van der Waals surface area contributed by atoms with Crippen molar-refractivity contribution in [3.8, 4) is 0 Å². The van der Waals surface area contributed by atoms with Crippen molar-refractivity contribution in [1.82, 2.24) is 20.9 Å². The summed E-state index contributed by atoms with van der Waals surface area (Å²) in [5.74, 6) is 0.621. The number of hydrogen-bond donors (Lipinski definition) is 3. The second kappa shape index (κ2) is 11.0. The molecule has 6 nitrogen and oxygen atoms in total. The van der Waals surface area contributed by atoms with Gasteiger partial charge in [0.1, 0.15) is 4.88 Å². The topological polar surface area (TPSA) is 78.4 Å². The minimum absolute atomic E-state index is 0. The number of halogens is 1. The lowest BCUT2D eigenvalue weighted by molar-refractivity contribution is 0.0957. The molecule has 24 heavy (non-hydrogen) atoms. The molecule has 2 aromatic rings. The van der Waals surface area contributed by atoms with Gasteiger partial charge in [-0.2, -0.15) is 0 Å². The van der Waals surface area contributed by atoms with Crippen LogP contribution >= 0.6 is 35.3 Å². The molecule has 1 aromatic carbocycles. The lowest BCUT2D eigenvalue weighted by Crippen LogP contribution is -2.41. The number of rotatable bonds is 6. The van der Waals surface area contributed by atoms with Gasteiger partial charge >= 0.3 is 0 Å². The quantitative estimate of drug-likeness (QED) is 0.268. The predicted molar refractivity (Wildman–Crippen MR) is 109 cm³/mol. The molecule has 2 rings (SSSR count). The fourth-order valence-corrected chi connectivity index (χ4v) is 2.68. The molecular formula is C16H22IN5OS. The molecule has 3 N–H and O–H groups in total. The van der Waals surface area contributed by atoms with Crippen LogP contribution in [0.25, 0.3) is 0 Å². The number of aliphatic imine (C=N–C) groups is 1. The van der Waals surface area contributed by atoms with Gasteiger partial charge in [0.05, 0.1) is 11.2 Å². The number of guanidine groups is 1. The normalized spacial score (nSPS) is 10.7. The maximum Gasteiger partial charge on any atom is 0.263 e. The van der Waals surface area contributed by atoms with Gasteiger partial charge in [0.2, 0.25) is 0 Å². The molecule has 1 heterocycles. The SMILES string of the molecule is CN=C(NCCNC(=O)c1scnc1C)NCc1ccccc1.I. The van der Waals surface area contributed by atoms with Gasteiger partial charge in [-0.15, -0.1) is 35.3 Å². The monoisotopic (exact) mass is 459 g/mol. The van der Waals surface area contributed by atoms with Crippen molar-refractivity contribution in [3.63, 3.8) is 0 Å². The average molecular weight is 459 g/mol. The largest absolute Gasteiger partial charge is 0.355 e. The van der Waals surface area contributed by atoms with Crippen LogP contribution in [-0.2, 0) is 6.54 Å². The van der Waals surface area contributed by atoms with Gasteiger partial charge in [-0.25, -0.2) is 4.98 Å². The van der Waals surface area contributed by atoms with Crippen LogP contribution in [0.2, 0.25) is 0 Å².